The zero-order valence-electron chi connectivity index (χ0n) is 15.5. The largest absolute Gasteiger partial charge is 0.496 e. The summed E-state index contributed by atoms with van der Waals surface area (Å²) in [6.07, 6.45) is 3.32. The SMILES string of the molecule is COc1ccccc1CN1C[C@@H]2[C@@H](C1)c1cc(-c3ccoc3)ccc1S2(=O)=O. The zero-order chi connectivity index (χ0) is 19.3. The molecule has 2 aliphatic rings. The first-order valence-corrected chi connectivity index (χ1v) is 10.9. The fraction of sp³-hybridized carbons (Fsp3) is 0.273. The minimum absolute atomic E-state index is 0.00144. The molecule has 5 rings (SSSR count). The number of sulfone groups is 1. The maximum absolute atomic E-state index is 13.1. The van der Waals surface area contributed by atoms with Gasteiger partial charge in [-0.15, -0.1) is 0 Å². The molecule has 0 amide bonds. The van der Waals surface area contributed by atoms with E-state index in [9.17, 15) is 8.42 Å². The van der Waals surface area contributed by atoms with Gasteiger partial charge in [0.15, 0.2) is 9.84 Å². The first kappa shape index (κ1) is 17.5. The number of likely N-dealkylation sites (tertiary alicyclic amines) is 1. The van der Waals surface area contributed by atoms with Crippen LogP contribution in [0.5, 0.6) is 5.75 Å². The molecule has 0 N–H and O–H groups in total. The number of fused-ring (bicyclic) bond motifs is 3. The number of hydrogen-bond donors (Lipinski definition) is 0. The topological polar surface area (TPSA) is 59.8 Å². The molecule has 1 aromatic heterocycles. The molecule has 6 heteroatoms. The van der Waals surface area contributed by atoms with Gasteiger partial charge in [-0.2, -0.15) is 0 Å². The van der Waals surface area contributed by atoms with Crippen LogP contribution in [0.4, 0.5) is 0 Å². The lowest BCUT2D eigenvalue weighted by Gasteiger charge is -2.19. The van der Waals surface area contributed by atoms with Crippen molar-refractivity contribution in [2.24, 2.45) is 0 Å². The van der Waals surface area contributed by atoms with Crippen LogP contribution in [0.1, 0.15) is 17.0 Å². The van der Waals surface area contributed by atoms with Gasteiger partial charge in [-0.25, -0.2) is 8.42 Å². The van der Waals surface area contributed by atoms with Crippen LogP contribution in [0.3, 0.4) is 0 Å². The minimum Gasteiger partial charge on any atom is -0.496 e. The molecule has 3 aromatic rings. The third-order valence-corrected chi connectivity index (χ3v) is 8.16. The van der Waals surface area contributed by atoms with Crippen molar-refractivity contribution in [3.63, 3.8) is 0 Å². The molecule has 1 saturated heterocycles. The molecular formula is C22H21NO4S. The van der Waals surface area contributed by atoms with Crippen molar-refractivity contribution < 1.29 is 17.6 Å². The molecule has 0 radical (unpaired) electrons. The third-order valence-electron chi connectivity index (χ3n) is 5.90. The highest BCUT2D eigenvalue weighted by atomic mass is 32.2. The van der Waals surface area contributed by atoms with E-state index in [0.29, 0.717) is 18.0 Å². The highest BCUT2D eigenvalue weighted by Crippen LogP contribution is 2.46. The summed E-state index contributed by atoms with van der Waals surface area (Å²) < 4.78 is 36.9. The summed E-state index contributed by atoms with van der Waals surface area (Å²) in [7, 11) is -1.64. The molecular weight excluding hydrogens is 374 g/mol. The molecule has 28 heavy (non-hydrogen) atoms. The monoisotopic (exact) mass is 395 g/mol. The summed E-state index contributed by atoms with van der Waals surface area (Å²) in [5.74, 6) is 0.839. The fourth-order valence-electron chi connectivity index (χ4n) is 4.54. The van der Waals surface area contributed by atoms with Crippen molar-refractivity contribution in [3.05, 3.63) is 72.2 Å². The second-order valence-corrected chi connectivity index (χ2v) is 9.60. The molecule has 2 aliphatic heterocycles. The van der Waals surface area contributed by atoms with Crippen LogP contribution in [0.25, 0.3) is 11.1 Å². The number of hydrogen-bond acceptors (Lipinski definition) is 5. The molecule has 0 saturated carbocycles. The molecule has 0 aliphatic carbocycles. The Morgan fingerprint density at radius 1 is 1.11 bits per heavy atom. The molecule has 144 valence electrons. The third kappa shape index (κ3) is 2.67. The average molecular weight is 395 g/mol. The minimum atomic E-state index is -3.31. The van der Waals surface area contributed by atoms with E-state index in [1.54, 1.807) is 25.7 Å². The second kappa shape index (κ2) is 6.50. The molecule has 0 spiro atoms. The number of furan rings is 1. The van der Waals surface area contributed by atoms with Crippen molar-refractivity contribution in [1.29, 1.82) is 0 Å². The molecule has 0 unspecified atom stereocenters. The molecule has 2 atom stereocenters. The maximum atomic E-state index is 13.1. The van der Waals surface area contributed by atoms with Gasteiger partial charge in [0.05, 0.1) is 29.8 Å². The van der Waals surface area contributed by atoms with E-state index in [2.05, 4.69) is 4.90 Å². The summed E-state index contributed by atoms with van der Waals surface area (Å²) in [5.41, 5.74) is 3.97. The Bertz CT molecular complexity index is 1120. The van der Waals surface area contributed by atoms with Gasteiger partial charge in [-0.1, -0.05) is 24.3 Å². The predicted molar refractivity (Wildman–Crippen MR) is 106 cm³/mol. The van der Waals surface area contributed by atoms with Crippen molar-refractivity contribution in [2.75, 3.05) is 20.2 Å². The van der Waals surface area contributed by atoms with Crippen LogP contribution in [0.15, 0.2) is 70.4 Å². The lowest BCUT2D eigenvalue weighted by atomic mass is 9.95. The van der Waals surface area contributed by atoms with Crippen LogP contribution in [-0.2, 0) is 16.4 Å². The summed E-state index contributed by atoms with van der Waals surface area (Å²) >= 11 is 0. The van der Waals surface area contributed by atoms with Crippen LogP contribution in [0.2, 0.25) is 0 Å². The summed E-state index contributed by atoms with van der Waals surface area (Å²) in [6, 6.07) is 15.4. The van der Waals surface area contributed by atoms with Gasteiger partial charge in [0, 0.05) is 36.7 Å². The number of benzene rings is 2. The number of ether oxygens (including phenoxy) is 1. The summed E-state index contributed by atoms with van der Waals surface area (Å²) in [4.78, 5) is 2.71. The number of rotatable bonds is 4. The highest BCUT2D eigenvalue weighted by molar-refractivity contribution is 7.92. The van der Waals surface area contributed by atoms with Crippen molar-refractivity contribution in [1.82, 2.24) is 4.90 Å². The van der Waals surface area contributed by atoms with Crippen LogP contribution in [0, 0.1) is 0 Å². The molecule has 5 nitrogen and oxygen atoms in total. The predicted octanol–water partition coefficient (Wildman–Crippen LogP) is 3.71. The molecule has 1 fully saturated rings. The van der Waals surface area contributed by atoms with E-state index in [-0.39, 0.29) is 11.2 Å². The Labute approximate surface area is 164 Å². The van der Waals surface area contributed by atoms with Crippen LogP contribution < -0.4 is 4.74 Å². The number of nitrogens with zero attached hydrogens (tertiary/aromatic N) is 1. The van der Waals surface area contributed by atoms with Gasteiger partial charge in [-0.3, -0.25) is 4.90 Å². The average Bonchev–Trinajstić information content (AvgIpc) is 3.41. The number of para-hydroxylation sites is 1. The maximum Gasteiger partial charge on any atom is 0.183 e. The van der Waals surface area contributed by atoms with Gasteiger partial charge in [-0.05, 0) is 35.4 Å². The van der Waals surface area contributed by atoms with Gasteiger partial charge in [0.1, 0.15) is 5.75 Å². The number of methoxy groups -OCH3 is 1. The van der Waals surface area contributed by atoms with E-state index >= 15 is 0 Å². The Balaban J connectivity index is 1.47. The second-order valence-electron chi connectivity index (χ2n) is 7.46. The van der Waals surface area contributed by atoms with Gasteiger partial charge in [0.25, 0.3) is 0 Å². The molecule has 2 aromatic carbocycles. The summed E-state index contributed by atoms with van der Waals surface area (Å²) in [5, 5.41) is -0.378. The van der Waals surface area contributed by atoms with E-state index in [0.717, 1.165) is 34.5 Å². The standard InChI is InChI=1S/C22H21NO4S/c1-26-20-5-3-2-4-16(20)11-23-12-19-18-10-15(17-8-9-27-14-17)6-7-21(18)28(24,25)22(19)13-23/h2-10,14,19,22H,11-13H2,1H3/t19-,22+/m0/s1. The van der Waals surface area contributed by atoms with Gasteiger partial charge >= 0.3 is 0 Å². The molecule has 0 bridgehead atoms. The van der Waals surface area contributed by atoms with Crippen molar-refractivity contribution in [3.8, 4) is 16.9 Å². The highest BCUT2D eigenvalue weighted by Gasteiger charge is 2.50. The van der Waals surface area contributed by atoms with Gasteiger partial charge in [0.2, 0.25) is 0 Å². The lowest BCUT2D eigenvalue weighted by molar-refractivity contribution is 0.316. The first-order chi connectivity index (χ1) is 13.6. The Morgan fingerprint density at radius 3 is 2.75 bits per heavy atom. The van der Waals surface area contributed by atoms with Crippen LogP contribution in [-0.4, -0.2) is 38.8 Å². The Hall–Kier alpha value is -2.57. The normalized spacial score (nSPS) is 22.8. The van der Waals surface area contributed by atoms with Crippen molar-refractivity contribution >= 4 is 9.84 Å². The Kier molecular flexibility index (Phi) is 4.07. The van der Waals surface area contributed by atoms with E-state index < -0.39 is 9.84 Å². The van der Waals surface area contributed by atoms with E-state index in [1.165, 1.54) is 0 Å². The van der Waals surface area contributed by atoms with E-state index in [4.69, 9.17) is 9.15 Å². The van der Waals surface area contributed by atoms with E-state index in [1.807, 2.05) is 42.5 Å². The zero-order valence-corrected chi connectivity index (χ0v) is 16.4. The quantitative estimate of drug-likeness (QED) is 0.674. The smallest absolute Gasteiger partial charge is 0.183 e. The molecule has 3 heterocycles. The lowest BCUT2D eigenvalue weighted by Crippen LogP contribution is -2.26. The van der Waals surface area contributed by atoms with Gasteiger partial charge < -0.3 is 9.15 Å². The summed E-state index contributed by atoms with van der Waals surface area (Å²) in [6.45, 7) is 1.95. The Morgan fingerprint density at radius 2 is 1.96 bits per heavy atom. The first-order valence-electron chi connectivity index (χ1n) is 9.32. The fourth-order valence-corrected chi connectivity index (χ4v) is 6.73. The van der Waals surface area contributed by atoms with Crippen LogP contribution >= 0.6 is 0 Å². The van der Waals surface area contributed by atoms with Crippen molar-refractivity contribution in [2.45, 2.75) is 22.6 Å².